The average molecular weight is 336 g/mol. The number of Topliss-reactive ketones (excluding diaryl/α,β-unsaturated/α-hetero) is 1. The van der Waals surface area contributed by atoms with Crippen molar-refractivity contribution in [2.45, 2.75) is 12.8 Å². The molecule has 0 bridgehead atoms. The zero-order valence-electron chi connectivity index (χ0n) is 10.2. The summed E-state index contributed by atoms with van der Waals surface area (Å²) >= 11 is 9.42. The minimum Gasteiger partial charge on any atom is -0.294 e. The van der Waals surface area contributed by atoms with Gasteiger partial charge in [-0.2, -0.15) is 0 Å². The Labute approximate surface area is 125 Å². The van der Waals surface area contributed by atoms with Gasteiger partial charge in [-0.1, -0.05) is 51.8 Å². The molecule has 0 atom stereocenters. The molecule has 96 valence electrons. The van der Waals surface area contributed by atoms with Crippen molar-refractivity contribution in [3.05, 3.63) is 68.7 Å². The van der Waals surface area contributed by atoms with Crippen molar-refractivity contribution >= 4 is 33.3 Å². The summed E-state index contributed by atoms with van der Waals surface area (Å²) in [6, 6.07) is 13.6. The predicted octanol–water partition coefficient (Wildman–Crippen LogP) is 4.70. The standard InChI is InChI=1S/C16H12BrClO/c17-15-6-5-13(18)9-14(15)16(19)12-7-10-3-1-2-4-11(10)8-12/h1-6,9,12H,7-8H2. The molecule has 0 unspecified atom stereocenters. The molecule has 0 fully saturated rings. The van der Waals surface area contributed by atoms with E-state index in [0.717, 1.165) is 17.3 Å². The summed E-state index contributed by atoms with van der Waals surface area (Å²) in [6.45, 7) is 0. The van der Waals surface area contributed by atoms with Gasteiger partial charge in [0.2, 0.25) is 0 Å². The Morgan fingerprint density at radius 1 is 1.11 bits per heavy atom. The van der Waals surface area contributed by atoms with Crippen LogP contribution in [0.15, 0.2) is 46.9 Å². The van der Waals surface area contributed by atoms with Crippen LogP contribution in [0.3, 0.4) is 0 Å². The molecule has 0 aromatic heterocycles. The van der Waals surface area contributed by atoms with Crippen LogP contribution in [0.4, 0.5) is 0 Å². The molecule has 19 heavy (non-hydrogen) atoms. The molecule has 2 aromatic carbocycles. The highest BCUT2D eigenvalue weighted by atomic mass is 79.9. The van der Waals surface area contributed by atoms with Gasteiger partial charge < -0.3 is 0 Å². The number of halogens is 2. The predicted molar refractivity (Wildman–Crippen MR) is 80.8 cm³/mol. The fraction of sp³-hybridized carbons (Fsp3) is 0.188. The van der Waals surface area contributed by atoms with Crippen molar-refractivity contribution in [2.75, 3.05) is 0 Å². The molecule has 3 heteroatoms. The fourth-order valence-corrected chi connectivity index (χ4v) is 3.26. The van der Waals surface area contributed by atoms with Crippen LogP contribution >= 0.6 is 27.5 Å². The van der Waals surface area contributed by atoms with E-state index in [0.29, 0.717) is 10.6 Å². The van der Waals surface area contributed by atoms with E-state index in [1.54, 1.807) is 12.1 Å². The van der Waals surface area contributed by atoms with Crippen LogP contribution in [0.1, 0.15) is 21.5 Å². The average Bonchev–Trinajstić information content (AvgIpc) is 2.84. The lowest BCUT2D eigenvalue weighted by atomic mass is 9.95. The van der Waals surface area contributed by atoms with E-state index in [9.17, 15) is 4.79 Å². The van der Waals surface area contributed by atoms with Crippen LogP contribution in [-0.2, 0) is 12.8 Å². The van der Waals surface area contributed by atoms with Crippen LogP contribution < -0.4 is 0 Å². The summed E-state index contributed by atoms with van der Waals surface area (Å²) < 4.78 is 0.817. The molecule has 0 saturated heterocycles. The number of rotatable bonds is 2. The Balaban J connectivity index is 1.89. The van der Waals surface area contributed by atoms with Crippen molar-refractivity contribution < 1.29 is 4.79 Å². The summed E-state index contributed by atoms with van der Waals surface area (Å²) in [6.07, 6.45) is 1.65. The van der Waals surface area contributed by atoms with Crippen LogP contribution in [0.5, 0.6) is 0 Å². The van der Waals surface area contributed by atoms with Gasteiger partial charge in [0.15, 0.2) is 5.78 Å². The Bertz CT molecular complexity index is 626. The van der Waals surface area contributed by atoms with Crippen molar-refractivity contribution in [1.29, 1.82) is 0 Å². The van der Waals surface area contributed by atoms with Gasteiger partial charge in [0.05, 0.1) is 0 Å². The molecule has 3 rings (SSSR count). The third-order valence-corrected chi connectivity index (χ3v) is 4.54. The number of hydrogen-bond acceptors (Lipinski definition) is 1. The van der Waals surface area contributed by atoms with Crippen molar-refractivity contribution in [3.63, 3.8) is 0 Å². The van der Waals surface area contributed by atoms with E-state index in [-0.39, 0.29) is 11.7 Å². The molecule has 0 saturated carbocycles. The topological polar surface area (TPSA) is 17.1 Å². The van der Waals surface area contributed by atoms with E-state index in [1.807, 2.05) is 18.2 Å². The first-order valence-corrected chi connectivity index (χ1v) is 7.38. The van der Waals surface area contributed by atoms with Gasteiger partial charge in [0, 0.05) is 21.0 Å². The SMILES string of the molecule is O=C(c1cc(Cl)ccc1Br)C1Cc2ccccc2C1. The summed E-state index contributed by atoms with van der Waals surface area (Å²) in [4.78, 5) is 12.6. The smallest absolute Gasteiger partial charge is 0.167 e. The van der Waals surface area contributed by atoms with Gasteiger partial charge in [0.25, 0.3) is 0 Å². The largest absolute Gasteiger partial charge is 0.294 e. The van der Waals surface area contributed by atoms with Crippen LogP contribution in [-0.4, -0.2) is 5.78 Å². The van der Waals surface area contributed by atoms with Crippen molar-refractivity contribution in [1.82, 2.24) is 0 Å². The lowest BCUT2D eigenvalue weighted by molar-refractivity contribution is 0.0924. The molecule has 1 aliphatic carbocycles. The maximum absolute atomic E-state index is 12.6. The minimum absolute atomic E-state index is 0.0344. The molecule has 0 N–H and O–H groups in total. The normalized spacial score (nSPS) is 14.4. The van der Waals surface area contributed by atoms with Crippen molar-refractivity contribution in [2.24, 2.45) is 5.92 Å². The number of fused-ring (bicyclic) bond motifs is 1. The molecule has 0 heterocycles. The summed E-state index contributed by atoms with van der Waals surface area (Å²) in [5.74, 6) is 0.206. The molecular weight excluding hydrogens is 324 g/mol. The van der Waals surface area contributed by atoms with E-state index in [2.05, 4.69) is 28.1 Å². The first kappa shape index (κ1) is 12.9. The molecule has 0 radical (unpaired) electrons. The lowest BCUT2D eigenvalue weighted by Crippen LogP contribution is -2.15. The van der Waals surface area contributed by atoms with Crippen molar-refractivity contribution in [3.8, 4) is 0 Å². The highest BCUT2D eigenvalue weighted by Crippen LogP contribution is 2.31. The van der Waals surface area contributed by atoms with E-state index < -0.39 is 0 Å². The molecule has 1 nitrogen and oxygen atoms in total. The number of ketones is 1. The highest BCUT2D eigenvalue weighted by molar-refractivity contribution is 9.10. The summed E-state index contributed by atoms with van der Waals surface area (Å²) in [5, 5.41) is 0.599. The lowest BCUT2D eigenvalue weighted by Gasteiger charge is -2.10. The summed E-state index contributed by atoms with van der Waals surface area (Å²) in [5.41, 5.74) is 3.27. The van der Waals surface area contributed by atoms with E-state index >= 15 is 0 Å². The Morgan fingerprint density at radius 3 is 2.37 bits per heavy atom. The van der Waals surface area contributed by atoms with Crippen LogP contribution in [0.2, 0.25) is 5.02 Å². The second-order valence-corrected chi connectivity index (χ2v) is 6.15. The maximum Gasteiger partial charge on any atom is 0.167 e. The van der Waals surface area contributed by atoms with Gasteiger partial charge in [-0.25, -0.2) is 0 Å². The minimum atomic E-state index is 0.0344. The van der Waals surface area contributed by atoms with Gasteiger partial charge in [-0.05, 0) is 42.2 Å². The quantitative estimate of drug-likeness (QED) is 0.727. The second-order valence-electron chi connectivity index (χ2n) is 4.86. The molecule has 0 amide bonds. The number of benzene rings is 2. The molecule has 1 aliphatic rings. The zero-order chi connectivity index (χ0) is 13.4. The van der Waals surface area contributed by atoms with Gasteiger partial charge in [-0.3, -0.25) is 4.79 Å². The first-order valence-electron chi connectivity index (χ1n) is 6.21. The van der Waals surface area contributed by atoms with Gasteiger partial charge in [0.1, 0.15) is 0 Å². The highest BCUT2D eigenvalue weighted by Gasteiger charge is 2.28. The number of hydrogen-bond donors (Lipinski definition) is 0. The molecular formula is C16H12BrClO. The summed E-state index contributed by atoms with van der Waals surface area (Å²) in [7, 11) is 0. The van der Waals surface area contributed by atoms with Gasteiger partial charge in [-0.15, -0.1) is 0 Å². The Morgan fingerprint density at radius 2 is 1.74 bits per heavy atom. The Kier molecular flexibility index (Phi) is 3.46. The van der Waals surface area contributed by atoms with E-state index in [1.165, 1.54) is 11.1 Å². The zero-order valence-corrected chi connectivity index (χ0v) is 12.5. The van der Waals surface area contributed by atoms with Crippen LogP contribution in [0, 0.1) is 5.92 Å². The third-order valence-electron chi connectivity index (χ3n) is 3.62. The maximum atomic E-state index is 12.6. The molecule has 2 aromatic rings. The van der Waals surface area contributed by atoms with Crippen LogP contribution in [0.25, 0.3) is 0 Å². The molecule has 0 spiro atoms. The third kappa shape index (κ3) is 2.47. The number of carbonyl (C=O) groups is 1. The fourth-order valence-electron chi connectivity index (χ4n) is 2.65. The van der Waals surface area contributed by atoms with Gasteiger partial charge >= 0.3 is 0 Å². The van der Waals surface area contributed by atoms with E-state index in [4.69, 9.17) is 11.6 Å². The second kappa shape index (κ2) is 5.10. The number of carbonyl (C=O) groups excluding carboxylic acids is 1. The Hall–Kier alpha value is -1.12. The first-order chi connectivity index (χ1) is 9.15. The monoisotopic (exact) mass is 334 g/mol. The molecule has 0 aliphatic heterocycles.